The van der Waals surface area contributed by atoms with E-state index >= 15 is 0 Å². The molecule has 2 aromatic rings. The molecule has 5 nitrogen and oxygen atoms in total. The van der Waals surface area contributed by atoms with Gasteiger partial charge >= 0.3 is 0 Å². The van der Waals surface area contributed by atoms with Gasteiger partial charge in [-0.05, 0) is 18.4 Å². The maximum Gasteiger partial charge on any atom is 0.138 e. The van der Waals surface area contributed by atoms with E-state index in [9.17, 15) is 0 Å². The van der Waals surface area contributed by atoms with Crippen LogP contribution in [0, 0.1) is 0 Å². The molecule has 0 saturated carbocycles. The molecule has 1 unspecified atom stereocenters. The van der Waals surface area contributed by atoms with Crippen LogP contribution in [-0.4, -0.2) is 14.8 Å². The number of hydrogen-bond donors (Lipinski definition) is 2. The molecule has 0 aliphatic carbocycles. The summed E-state index contributed by atoms with van der Waals surface area (Å²) in [6, 6.07) is 1.84. The molecular formula is C10H14ClN5S. The zero-order chi connectivity index (χ0) is 12.3. The van der Waals surface area contributed by atoms with Crippen LogP contribution in [0.25, 0.3) is 0 Å². The van der Waals surface area contributed by atoms with E-state index in [0.717, 1.165) is 22.3 Å². The van der Waals surface area contributed by atoms with Crippen molar-refractivity contribution >= 4 is 22.9 Å². The van der Waals surface area contributed by atoms with Crippen molar-refractivity contribution in [1.82, 2.24) is 20.2 Å². The van der Waals surface area contributed by atoms with E-state index < -0.39 is 0 Å². The molecule has 0 amide bonds. The topological polar surface area (TPSA) is 68.8 Å². The number of hydrogen-bond acceptors (Lipinski definition) is 5. The fraction of sp³-hybridized carbons (Fsp3) is 0.400. The minimum absolute atomic E-state index is 0.0306. The Kier molecular flexibility index (Phi) is 4.11. The van der Waals surface area contributed by atoms with Crippen molar-refractivity contribution < 1.29 is 0 Å². The third kappa shape index (κ3) is 2.66. The summed E-state index contributed by atoms with van der Waals surface area (Å²) < 4.78 is 1.85. The molecule has 3 N–H and O–H groups in total. The number of halogens is 1. The van der Waals surface area contributed by atoms with Gasteiger partial charge in [-0.15, -0.1) is 11.3 Å². The molecule has 0 aliphatic heterocycles. The average Bonchev–Trinajstić information content (AvgIpc) is 2.94. The molecule has 1 atom stereocenters. The summed E-state index contributed by atoms with van der Waals surface area (Å²) in [7, 11) is 0. The summed E-state index contributed by atoms with van der Waals surface area (Å²) in [5.41, 5.74) is 2.78. The Bertz CT molecular complexity index is 481. The van der Waals surface area contributed by atoms with Gasteiger partial charge in [-0.3, -0.25) is 16.0 Å². The molecule has 17 heavy (non-hydrogen) atoms. The number of aryl methyl sites for hydroxylation is 1. The molecule has 0 spiro atoms. The van der Waals surface area contributed by atoms with Crippen molar-refractivity contribution in [3.8, 4) is 0 Å². The van der Waals surface area contributed by atoms with Crippen LogP contribution in [0.1, 0.15) is 23.7 Å². The zero-order valence-electron chi connectivity index (χ0n) is 9.43. The number of thiophene rings is 1. The van der Waals surface area contributed by atoms with Crippen LogP contribution in [0.4, 0.5) is 0 Å². The molecule has 7 heteroatoms. The number of nitrogens with one attached hydrogen (secondary N) is 1. The first-order valence-electron chi connectivity index (χ1n) is 5.32. The smallest absolute Gasteiger partial charge is 0.138 e. The number of hydrazine groups is 1. The van der Waals surface area contributed by atoms with Gasteiger partial charge < -0.3 is 0 Å². The molecule has 2 heterocycles. The van der Waals surface area contributed by atoms with Crippen molar-refractivity contribution in [1.29, 1.82) is 0 Å². The van der Waals surface area contributed by atoms with Crippen molar-refractivity contribution in [2.75, 3.05) is 0 Å². The highest BCUT2D eigenvalue weighted by Gasteiger charge is 2.18. The molecule has 92 valence electrons. The predicted molar refractivity (Wildman–Crippen MR) is 68.8 cm³/mol. The van der Waals surface area contributed by atoms with Gasteiger partial charge in [0.25, 0.3) is 0 Å². The van der Waals surface area contributed by atoms with Crippen LogP contribution in [-0.2, 0) is 13.0 Å². The van der Waals surface area contributed by atoms with Crippen LogP contribution < -0.4 is 11.3 Å². The molecule has 0 aliphatic rings. The lowest BCUT2D eigenvalue weighted by molar-refractivity contribution is 0.516. The monoisotopic (exact) mass is 271 g/mol. The van der Waals surface area contributed by atoms with Crippen LogP contribution in [0.15, 0.2) is 17.8 Å². The Labute approximate surface area is 109 Å². The second-order valence-corrected chi connectivity index (χ2v) is 4.90. The maximum atomic E-state index is 6.10. The van der Waals surface area contributed by atoms with Crippen molar-refractivity contribution in [3.05, 3.63) is 33.5 Å². The molecule has 0 fully saturated rings. The van der Waals surface area contributed by atoms with Crippen molar-refractivity contribution in [2.45, 2.75) is 25.9 Å². The van der Waals surface area contributed by atoms with E-state index in [2.05, 4.69) is 15.5 Å². The van der Waals surface area contributed by atoms with E-state index in [1.807, 2.05) is 23.1 Å². The van der Waals surface area contributed by atoms with Crippen LogP contribution in [0.3, 0.4) is 0 Å². The Balaban J connectivity index is 2.19. The number of nitrogens with two attached hydrogens (primary N) is 1. The van der Waals surface area contributed by atoms with Crippen LogP contribution >= 0.6 is 22.9 Å². The van der Waals surface area contributed by atoms with E-state index in [-0.39, 0.29) is 6.04 Å². The lowest BCUT2D eigenvalue weighted by atomic mass is 10.1. The summed E-state index contributed by atoms with van der Waals surface area (Å²) >= 11 is 7.68. The largest absolute Gasteiger partial charge is 0.271 e. The SMILES string of the molecule is CCn1ncnc1CC(NN)c1sccc1Cl. The Hall–Kier alpha value is -0.950. The number of aromatic nitrogens is 3. The third-order valence-electron chi connectivity index (χ3n) is 2.54. The van der Waals surface area contributed by atoms with Crippen LogP contribution in [0.5, 0.6) is 0 Å². The second kappa shape index (κ2) is 5.59. The summed E-state index contributed by atoms with van der Waals surface area (Å²) in [6.07, 6.45) is 2.23. The molecule has 2 aromatic heterocycles. The minimum atomic E-state index is -0.0306. The lowest BCUT2D eigenvalue weighted by Crippen LogP contribution is -2.30. The first kappa shape index (κ1) is 12.5. The van der Waals surface area contributed by atoms with Crippen LogP contribution in [0.2, 0.25) is 5.02 Å². The quantitative estimate of drug-likeness (QED) is 0.642. The molecule has 0 radical (unpaired) electrons. The zero-order valence-corrected chi connectivity index (χ0v) is 11.0. The number of nitrogens with zero attached hydrogens (tertiary/aromatic N) is 3. The summed E-state index contributed by atoms with van der Waals surface area (Å²) in [6.45, 7) is 2.83. The van der Waals surface area contributed by atoms with E-state index in [0.29, 0.717) is 6.42 Å². The standard InChI is InChI=1S/C10H14ClN5S/c1-2-16-9(13-6-14-16)5-8(15-12)10-7(11)3-4-17-10/h3-4,6,8,15H,2,5,12H2,1H3. The highest BCUT2D eigenvalue weighted by atomic mass is 35.5. The van der Waals surface area contributed by atoms with Gasteiger partial charge in [0.2, 0.25) is 0 Å². The predicted octanol–water partition coefficient (Wildman–Crippen LogP) is 1.76. The molecular weight excluding hydrogens is 258 g/mol. The van der Waals surface area contributed by atoms with Crippen molar-refractivity contribution in [2.24, 2.45) is 5.84 Å². The molecule has 0 aromatic carbocycles. The van der Waals surface area contributed by atoms with Gasteiger partial charge in [-0.25, -0.2) is 4.98 Å². The first-order chi connectivity index (χ1) is 8.26. The normalized spacial score (nSPS) is 12.9. The van der Waals surface area contributed by atoms with Crippen molar-refractivity contribution in [3.63, 3.8) is 0 Å². The number of rotatable bonds is 5. The van der Waals surface area contributed by atoms with Gasteiger partial charge in [0.05, 0.1) is 11.1 Å². The highest BCUT2D eigenvalue weighted by molar-refractivity contribution is 7.10. The minimum Gasteiger partial charge on any atom is -0.271 e. The van der Waals surface area contributed by atoms with E-state index in [4.69, 9.17) is 17.4 Å². The fourth-order valence-electron chi connectivity index (χ4n) is 1.67. The Morgan fingerprint density at radius 1 is 1.65 bits per heavy atom. The third-order valence-corrected chi connectivity index (χ3v) is 4.02. The molecule has 0 bridgehead atoms. The second-order valence-electron chi connectivity index (χ2n) is 3.55. The first-order valence-corrected chi connectivity index (χ1v) is 6.57. The Morgan fingerprint density at radius 3 is 3.06 bits per heavy atom. The molecule has 2 rings (SSSR count). The van der Waals surface area contributed by atoms with Gasteiger partial charge in [-0.1, -0.05) is 11.6 Å². The van der Waals surface area contributed by atoms with Gasteiger partial charge in [-0.2, -0.15) is 5.10 Å². The fourth-order valence-corrected chi connectivity index (χ4v) is 2.92. The lowest BCUT2D eigenvalue weighted by Gasteiger charge is -2.14. The Morgan fingerprint density at radius 2 is 2.47 bits per heavy atom. The summed E-state index contributed by atoms with van der Waals surface area (Å²) in [4.78, 5) is 5.26. The van der Waals surface area contributed by atoms with Gasteiger partial charge in [0.15, 0.2) is 0 Å². The highest BCUT2D eigenvalue weighted by Crippen LogP contribution is 2.29. The van der Waals surface area contributed by atoms with Gasteiger partial charge in [0.1, 0.15) is 12.2 Å². The summed E-state index contributed by atoms with van der Waals surface area (Å²) in [5, 5.41) is 6.82. The average molecular weight is 272 g/mol. The summed E-state index contributed by atoms with van der Waals surface area (Å²) in [5.74, 6) is 6.48. The molecule has 0 saturated heterocycles. The van der Waals surface area contributed by atoms with E-state index in [1.165, 1.54) is 0 Å². The van der Waals surface area contributed by atoms with E-state index in [1.54, 1.807) is 17.7 Å². The maximum absolute atomic E-state index is 6.10. The van der Waals surface area contributed by atoms with Gasteiger partial charge in [0, 0.05) is 17.8 Å².